The smallest absolute Gasteiger partial charge is 0.325 e. The lowest BCUT2D eigenvalue weighted by atomic mass is 9.91. The van der Waals surface area contributed by atoms with E-state index in [1.807, 2.05) is 6.07 Å². The molecule has 27 heavy (non-hydrogen) atoms. The summed E-state index contributed by atoms with van der Waals surface area (Å²) in [6.45, 7) is 5.31. The summed E-state index contributed by atoms with van der Waals surface area (Å²) in [5, 5.41) is 17.7. The predicted octanol–water partition coefficient (Wildman–Crippen LogP) is 1.23. The first-order valence-corrected chi connectivity index (χ1v) is 8.30. The van der Waals surface area contributed by atoms with Crippen molar-refractivity contribution in [2.24, 2.45) is 0 Å². The lowest BCUT2D eigenvalue weighted by Crippen LogP contribution is -2.41. The topological polar surface area (TPSA) is 119 Å². The minimum Gasteiger partial charge on any atom is -0.361 e. The van der Waals surface area contributed by atoms with Gasteiger partial charge in [-0.05, 0) is 48.9 Å². The summed E-state index contributed by atoms with van der Waals surface area (Å²) in [6, 6.07) is 6.69. The molecule has 10 nitrogen and oxygen atoms in total. The van der Waals surface area contributed by atoms with E-state index in [-0.39, 0.29) is 12.5 Å². The maximum Gasteiger partial charge on any atom is 0.325 e. The molecule has 3 heterocycles. The number of urea groups is 1. The summed E-state index contributed by atoms with van der Waals surface area (Å²) >= 11 is 0. The average molecular weight is 367 g/mol. The number of carbonyl (C=O) groups excluding carboxylic acids is 2. The van der Waals surface area contributed by atoms with Crippen LogP contribution in [0.4, 0.5) is 4.79 Å². The van der Waals surface area contributed by atoms with Crippen LogP contribution >= 0.6 is 0 Å². The number of aromatic nitrogens is 5. The van der Waals surface area contributed by atoms with Crippen molar-refractivity contribution in [3.63, 3.8) is 0 Å². The fourth-order valence-electron chi connectivity index (χ4n) is 3.16. The van der Waals surface area contributed by atoms with Crippen LogP contribution in [0.3, 0.4) is 0 Å². The first-order valence-electron chi connectivity index (χ1n) is 8.30. The number of hydrogen-bond donors (Lipinski definition) is 1. The zero-order valence-electron chi connectivity index (χ0n) is 15.0. The van der Waals surface area contributed by atoms with Crippen LogP contribution < -0.4 is 5.32 Å². The lowest BCUT2D eigenvalue weighted by Gasteiger charge is -2.22. The molecule has 0 spiro atoms. The van der Waals surface area contributed by atoms with E-state index < -0.39 is 11.6 Å². The molecule has 0 aliphatic carbocycles. The highest BCUT2D eigenvalue weighted by atomic mass is 16.5. The minimum atomic E-state index is -1.19. The number of rotatable bonds is 4. The molecule has 2 aromatic heterocycles. The van der Waals surface area contributed by atoms with Crippen molar-refractivity contribution in [1.82, 2.24) is 35.6 Å². The van der Waals surface area contributed by atoms with Gasteiger partial charge in [0, 0.05) is 5.56 Å². The number of hydrogen-bond acceptors (Lipinski definition) is 7. The first kappa shape index (κ1) is 16.9. The first-order chi connectivity index (χ1) is 12.9. The maximum atomic E-state index is 13.1. The van der Waals surface area contributed by atoms with E-state index in [1.165, 1.54) is 15.9 Å². The van der Waals surface area contributed by atoms with Crippen LogP contribution in [0.2, 0.25) is 0 Å². The van der Waals surface area contributed by atoms with E-state index >= 15 is 0 Å². The SMILES string of the molecule is Cc1noc(C)c1CN1C(=O)N[C@](C)(c2cccc(-n3cnnn3)c2)C1=O. The third kappa shape index (κ3) is 2.65. The van der Waals surface area contributed by atoms with Crippen molar-refractivity contribution in [1.29, 1.82) is 0 Å². The Bertz CT molecular complexity index is 1010. The van der Waals surface area contributed by atoms with Gasteiger partial charge in [0.25, 0.3) is 5.91 Å². The molecule has 4 rings (SSSR count). The number of aryl methyl sites for hydroxylation is 2. The molecule has 3 amide bonds. The van der Waals surface area contributed by atoms with Gasteiger partial charge in [-0.25, -0.2) is 9.48 Å². The molecular weight excluding hydrogens is 350 g/mol. The Kier molecular flexibility index (Phi) is 3.76. The van der Waals surface area contributed by atoms with E-state index in [9.17, 15) is 9.59 Å². The van der Waals surface area contributed by atoms with Crippen molar-refractivity contribution >= 4 is 11.9 Å². The van der Waals surface area contributed by atoms with E-state index in [0.29, 0.717) is 22.7 Å². The van der Waals surface area contributed by atoms with Gasteiger partial charge in [-0.2, -0.15) is 0 Å². The lowest BCUT2D eigenvalue weighted by molar-refractivity contribution is -0.131. The molecule has 0 bridgehead atoms. The normalized spacial score (nSPS) is 19.6. The standard InChI is InChI=1S/C17H17N7O3/c1-10-14(11(2)27-20-10)8-23-15(25)17(3,19-16(23)26)12-5-4-6-13(7-12)24-9-18-21-22-24/h4-7,9H,8H2,1-3H3,(H,19,26)/t17-/m1/s1. The van der Waals surface area contributed by atoms with Gasteiger partial charge in [0.1, 0.15) is 17.6 Å². The summed E-state index contributed by atoms with van der Waals surface area (Å²) < 4.78 is 6.61. The zero-order chi connectivity index (χ0) is 19.2. The third-order valence-electron chi connectivity index (χ3n) is 4.81. The van der Waals surface area contributed by atoms with Crippen molar-refractivity contribution in [2.75, 3.05) is 0 Å². The fourth-order valence-corrected chi connectivity index (χ4v) is 3.16. The molecule has 1 atom stereocenters. The van der Waals surface area contributed by atoms with Crippen LogP contribution in [0.1, 0.15) is 29.5 Å². The van der Waals surface area contributed by atoms with Gasteiger partial charge in [-0.1, -0.05) is 17.3 Å². The summed E-state index contributed by atoms with van der Waals surface area (Å²) in [5.74, 6) is 0.240. The molecule has 10 heteroatoms. The summed E-state index contributed by atoms with van der Waals surface area (Å²) in [4.78, 5) is 26.8. The van der Waals surface area contributed by atoms with Gasteiger partial charge in [-0.15, -0.1) is 5.10 Å². The van der Waals surface area contributed by atoms with Crippen LogP contribution in [-0.2, 0) is 16.9 Å². The fraction of sp³-hybridized carbons (Fsp3) is 0.294. The number of nitrogens with one attached hydrogen (secondary N) is 1. The molecule has 138 valence electrons. The number of benzene rings is 1. The molecule has 0 radical (unpaired) electrons. The molecule has 1 aliphatic heterocycles. The maximum absolute atomic E-state index is 13.1. The highest BCUT2D eigenvalue weighted by molar-refractivity contribution is 6.07. The number of carbonyl (C=O) groups is 2. The second kappa shape index (κ2) is 6.01. The van der Waals surface area contributed by atoms with Crippen molar-refractivity contribution in [3.05, 3.63) is 53.2 Å². The Labute approximate surface area is 154 Å². The molecule has 1 saturated heterocycles. The van der Waals surface area contributed by atoms with Crippen LogP contribution in [0.15, 0.2) is 35.1 Å². The van der Waals surface area contributed by atoms with Gasteiger partial charge >= 0.3 is 6.03 Å². The highest BCUT2D eigenvalue weighted by Crippen LogP contribution is 2.31. The van der Waals surface area contributed by atoms with Crippen molar-refractivity contribution in [2.45, 2.75) is 32.9 Å². The highest BCUT2D eigenvalue weighted by Gasteiger charge is 2.49. The van der Waals surface area contributed by atoms with E-state index in [4.69, 9.17) is 4.52 Å². The Morgan fingerprint density at radius 2 is 2.07 bits per heavy atom. The van der Waals surface area contributed by atoms with Crippen molar-refractivity contribution in [3.8, 4) is 5.69 Å². The van der Waals surface area contributed by atoms with Crippen LogP contribution in [-0.4, -0.2) is 42.2 Å². The molecule has 0 saturated carbocycles. The van der Waals surface area contributed by atoms with Crippen LogP contribution in [0.25, 0.3) is 5.69 Å². The number of imide groups is 1. The predicted molar refractivity (Wildman–Crippen MR) is 91.6 cm³/mol. The molecule has 1 N–H and O–H groups in total. The molecular formula is C17H17N7O3. The molecule has 1 aliphatic rings. The van der Waals surface area contributed by atoms with Crippen LogP contribution in [0.5, 0.6) is 0 Å². The van der Waals surface area contributed by atoms with E-state index in [0.717, 1.165) is 5.56 Å². The summed E-state index contributed by atoms with van der Waals surface area (Å²) in [5.41, 5.74) is 1.51. The Balaban J connectivity index is 1.67. The Hall–Kier alpha value is -3.56. The third-order valence-corrected chi connectivity index (χ3v) is 4.81. The number of amides is 3. The number of tetrazole rings is 1. The molecule has 3 aromatic rings. The minimum absolute atomic E-state index is 0.105. The van der Waals surface area contributed by atoms with Gasteiger partial charge in [0.05, 0.1) is 17.9 Å². The van der Waals surface area contributed by atoms with Crippen molar-refractivity contribution < 1.29 is 14.1 Å². The second-order valence-corrected chi connectivity index (χ2v) is 6.55. The second-order valence-electron chi connectivity index (χ2n) is 6.55. The Morgan fingerprint density at radius 3 is 2.74 bits per heavy atom. The average Bonchev–Trinajstić information content (AvgIpc) is 3.35. The van der Waals surface area contributed by atoms with E-state index in [1.54, 1.807) is 39.0 Å². The largest absolute Gasteiger partial charge is 0.361 e. The molecule has 0 unspecified atom stereocenters. The van der Waals surface area contributed by atoms with E-state index in [2.05, 4.69) is 26.0 Å². The van der Waals surface area contributed by atoms with Gasteiger partial charge in [0.2, 0.25) is 0 Å². The summed E-state index contributed by atoms with van der Waals surface area (Å²) in [7, 11) is 0. The van der Waals surface area contributed by atoms with Gasteiger partial charge in [0.15, 0.2) is 0 Å². The molecule has 1 fully saturated rings. The zero-order valence-corrected chi connectivity index (χ0v) is 15.0. The summed E-state index contributed by atoms with van der Waals surface area (Å²) in [6.07, 6.45) is 1.46. The Morgan fingerprint density at radius 1 is 1.26 bits per heavy atom. The monoisotopic (exact) mass is 367 g/mol. The van der Waals surface area contributed by atoms with Crippen LogP contribution in [0, 0.1) is 13.8 Å². The quantitative estimate of drug-likeness (QED) is 0.689. The molecule has 1 aromatic carbocycles. The van der Waals surface area contributed by atoms with Gasteiger partial charge < -0.3 is 9.84 Å². The van der Waals surface area contributed by atoms with Gasteiger partial charge in [-0.3, -0.25) is 9.69 Å². The number of nitrogens with zero attached hydrogens (tertiary/aromatic N) is 6.